The van der Waals surface area contributed by atoms with Crippen LogP contribution < -0.4 is 0 Å². The molecule has 4 nitrogen and oxygen atoms in total. The van der Waals surface area contributed by atoms with Crippen LogP contribution in [-0.2, 0) is 14.8 Å². The Hall–Kier alpha value is -0.430. The van der Waals surface area contributed by atoms with Crippen molar-refractivity contribution in [2.24, 2.45) is 0 Å². The van der Waals surface area contributed by atoms with Crippen molar-refractivity contribution in [2.45, 2.75) is 49.6 Å². The van der Waals surface area contributed by atoms with Gasteiger partial charge in [-0.2, -0.15) is 4.31 Å². The standard InChI is InChI=1S/C15H20BrNO3S/c1-11-10-12(6-7-13(11)16)21(18,19)17-8-9-20-15-5-3-2-4-14(15)17/h6-7,10,14-15H,2-5,8-9H2,1H3. The van der Waals surface area contributed by atoms with Crippen LogP contribution in [0.1, 0.15) is 31.2 Å². The van der Waals surface area contributed by atoms with Gasteiger partial charge in [-0.1, -0.05) is 28.8 Å². The molecule has 1 saturated heterocycles. The van der Waals surface area contributed by atoms with Crippen molar-refractivity contribution in [1.29, 1.82) is 0 Å². The van der Waals surface area contributed by atoms with Gasteiger partial charge in [-0.05, 0) is 43.5 Å². The van der Waals surface area contributed by atoms with Crippen molar-refractivity contribution in [3.8, 4) is 0 Å². The van der Waals surface area contributed by atoms with Crippen LogP contribution in [0.2, 0.25) is 0 Å². The second kappa shape index (κ2) is 5.99. The van der Waals surface area contributed by atoms with Crippen LogP contribution >= 0.6 is 15.9 Å². The van der Waals surface area contributed by atoms with E-state index in [1.165, 1.54) is 0 Å². The maximum atomic E-state index is 13.0. The lowest BCUT2D eigenvalue weighted by Crippen LogP contribution is -2.54. The van der Waals surface area contributed by atoms with Gasteiger partial charge in [-0.25, -0.2) is 8.42 Å². The number of hydrogen-bond acceptors (Lipinski definition) is 3. The number of nitrogens with zero attached hydrogens (tertiary/aromatic N) is 1. The summed E-state index contributed by atoms with van der Waals surface area (Å²) < 4.78 is 34.3. The Morgan fingerprint density at radius 1 is 1.29 bits per heavy atom. The third-order valence-corrected chi connectivity index (χ3v) is 7.23. The molecular weight excluding hydrogens is 354 g/mol. The van der Waals surface area contributed by atoms with Gasteiger partial charge in [0.15, 0.2) is 0 Å². The van der Waals surface area contributed by atoms with Crippen molar-refractivity contribution < 1.29 is 13.2 Å². The van der Waals surface area contributed by atoms with Crippen LogP contribution in [0.3, 0.4) is 0 Å². The van der Waals surface area contributed by atoms with Crippen LogP contribution in [0.15, 0.2) is 27.6 Å². The Bertz CT molecular complexity index is 630. The van der Waals surface area contributed by atoms with Gasteiger partial charge in [-0.15, -0.1) is 0 Å². The molecule has 1 aromatic carbocycles. The minimum atomic E-state index is -3.44. The van der Waals surface area contributed by atoms with E-state index in [4.69, 9.17) is 4.74 Å². The number of morpholine rings is 1. The zero-order valence-electron chi connectivity index (χ0n) is 12.1. The highest BCUT2D eigenvalue weighted by Crippen LogP contribution is 2.33. The third-order valence-electron chi connectivity index (χ3n) is 4.42. The number of hydrogen-bond donors (Lipinski definition) is 0. The lowest BCUT2D eigenvalue weighted by molar-refractivity contribution is -0.0586. The molecule has 2 fully saturated rings. The molecule has 0 N–H and O–H groups in total. The average Bonchev–Trinajstić information content (AvgIpc) is 2.49. The van der Waals surface area contributed by atoms with Crippen molar-refractivity contribution in [1.82, 2.24) is 4.31 Å². The number of rotatable bonds is 2. The molecule has 0 bridgehead atoms. The lowest BCUT2D eigenvalue weighted by atomic mass is 9.91. The monoisotopic (exact) mass is 373 g/mol. The molecule has 1 aliphatic heterocycles. The lowest BCUT2D eigenvalue weighted by Gasteiger charge is -2.42. The smallest absolute Gasteiger partial charge is 0.243 e. The third kappa shape index (κ3) is 2.91. The van der Waals surface area contributed by atoms with E-state index in [9.17, 15) is 8.42 Å². The maximum absolute atomic E-state index is 13.0. The van der Waals surface area contributed by atoms with Gasteiger partial charge in [0, 0.05) is 11.0 Å². The highest BCUT2D eigenvalue weighted by Gasteiger charge is 2.40. The molecule has 0 radical (unpaired) electrons. The number of aryl methyl sites for hydroxylation is 1. The molecule has 1 saturated carbocycles. The van der Waals surface area contributed by atoms with Crippen LogP contribution in [0.4, 0.5) is 0 Å². The van der Waals surface area contributed by atoms with Crippen LogP contribution in [0.25, 0.3) is 0 Å². The van der Waals surface area contributed by atoms with E-state index in [0.29, 0.717) is 18.0 Å². The molecule has 0 aromatic heterocycles. The average molecular weight is 374 g/mol. The molecule has 1 heterocycles. The SMILES string of the molecule is Cc1cc(S(=O)(=O)N2CCOC3CCCCC32)ccc1Br. The summed E-state index contributed by atoms with van der Waals surface area (Å²) >= 11 is 3.42. The fourth-order valence-electron chi connectivity index (χ4n) is 3.27. The molecular formula is C15H20BrNO3S. The number of fused-ring (bicyclic) bond motifs is 1. The van der Waals surface area contributed by atoms with E-state index >= 15 is 0 Å². The summed E-state index contributed by atoms with van der Waals surface area (Å²) in [6.45, 7) is 2.86. The molecule has 0 amide bonds. The minimum absolute atomic E-state index is 0.00135. The van der Waals surface area contributed by atoms with Crippen molar-refractivity contribution in [2.75, 3.05) is 13.2 Å². The Morgan fingerprint density at radius 3 is 2.81 bits per heavy atom. The Morgan fingerprint density at radius 2 is 2.05 bits per heavy atom. The summed E-state index contributed by atoms with van der Waals surface area (Å²) in [6, 6.07) is 5.23. The summed E-state index contributed by atoms with van der Waals surface area (Å²) in [5.74, 6) is 0. The first-order valence-electron chi connectivity index (χ1n) is 7.40. The van der Waals surface area contributed by atoms with E-state index in [0.717, 1.165) is 35.7 Å². The van der Waals surface area contributed by atoms with Gasteiger partial charge in [0.2, 0.25) is 10.0 Å². The molecule has 2 atom stereocenters. The van der Waals surface area contributed by atoms with Gasteiger partial charge >= 0.3 is 0 Å². The number of halogens is 1. The molecule has 21 heavy (non-hydrogen) atoms. The largest absolute Gasteiger partial charge is 0.375 e. The zero-order chi connectivity index (χ0) is 15.0. The van der Waals surface area contributed by atoms with Gasteiger partial charge in [0.25, 0.3) is 0 Å². The predicted octanol–water partition coefficient (Wildman–Crippen LogP) is 3.09. The number of sulfonamides is 1. The van der Waals surface area contributed by atoms with E-state index in [1.54, 1.807) is 22.5 Å². The maximum Gasteiger partial charge on any atom is 0.243 e. The predicted molar refractivity (Wildman–Crippen MR) is 84.8 cm³/mol. The quantitative estimate of drug-likeness (QED) is 0.799. The summed E-state index contributed by atoms with van der Waals surface area (Å²) in [7, 11) is -3.44. The van der Waals surface area contributed by atoms with E-state index in [2.05, 4.69) is 15.9 Å². The Balaban J connectivity index is 1.94. The Labute approximate surface area is 134 Å². The minimum Gasteiger partial charge on any atom is -0.375 e. The van der Waals surface area contributed by atoms with Gasteiger partial charge in [0.1, 0.15) is 0 Å². The van der Waals surface area contributed by atoms with E-state index in [-0.39, 0.29) is 12.1 Å². The van der Waals surface area contributed by atoms with E-state index < -0.39 is 10.0 Å². The number of ether oxygens (including phenoxy) is 1. The molecule has 0 spiro atoms. The van der Waals surface area contributed by atoms with Crippen LogP contribution in [-0.4, -0.2) is 38.0 Å². The van der Waals surface area contributed by atoms with Gasteiger partial charge in [0.05, 0.1) is 23.6 Å². The van der Waals surface area contributed by atoms with E-state index in [1.807, 2.05) is 6.92 Å². The fourth-order valence-corrected chi connectivity index (χ4v) is 5.27. The summed E-state index contributed by atoms with van der Waals surface area (Å²) in [4.78, 5) is 0.384. The molecule has 116 valence electrons. The van der Waals surface area contributed by atoms with Crippen LogP contribution in [0, 0.1) is 6.92 Å². The Kier molecular flexibility index (Phi) is 4.41. The first kappa shape index (κ1) is 15.5. The molecule has 1 aliphatic carbocycles. The van der Waals surface area contributed by atoms with Crippen molar-refractivity contribution in [3.63, 3.8) is 0 Å². The number of benzene rings is 1. The van der Waals surface area contributed by atoms with Gasteiger partial charge < -0.3 is 4.74 Å². The first-order valence-corrected chi connectivity index (χ1v) is 9.63. The second-order valence-corrected chi connectivity index (χ2v) is 8.53. The second-order valence-electron chi connectivity index (χ2n) is 5.79. The normalized spacial score (nSPS) is 27.3. The highest BCUT2D eigenvalue weighted by atomic mass is 79.9. The first-order chi connectivity index (χ1) is 10.00. The molecule has 2 aliphatic rings. The zero-order valence-corrected chi connectivity index (χ0v) is 14.5. The molecule has 2 unspecified atom stereocenters. The topological polar surface area (TPSA) is 46.6 Å². The van der Waals surface area contributed by atoms with Crippen molar-refractivity contribution in [3.05, 3.63) is 28.2 Å². The van der Waals surface area contributed by atoms with Crippen molar-refractivity contribution >= 4 is 26.0 Å². The summed E-state index contributed by atoms with van der Waals surface area (Å²) in [5.41, 5.74) is 0.935. The summed E-state index contributed by atoms with van der Waals surface area (Å²) in [5, 5.41) is 0. The highest BCUT2D eigenvalue weighted by molar-refractivity contribution is 9.10. The molecule has 1 aromatic rings. The fraction of sp³-hybridized carbons (Fsp3) is 0.600. The molecule has 3 rings (SSSR count). The summed E-state index contributed by atoms with van der Waals surface area (Å²) in [6.07, 6.45) is 4.15. The van der Waals surface area contributed by atoms with Gasteiger partial charge in [-0.3, -0.25) is 0 Å². The van der Waals surface area contributed by atoms with Crippen LogP contribution in [0.5, 0.6) is 0 Å². The molecule has 6 heteroatoms.